The molecule has 0 fully saturated rings. The van der Waals surface area contributed by atoms with Crippen molar-refractivity contribution in [2.24, 2.45) is 5.73 Å². The van der Waals surface area contributed by atoms with Crippen molar-refractivity contribution in [1.82, 2.24) is 0 Å². The van der Waals surface area contributed by atoms with E-state index in [1.807, 2.05) is 0 Å². The van der Waals surface area contributed by atoms with Crippen molar-refractivity contribution in [3.05, 3.63) is 70.3 Å². The van der Waals surface area contributed by atoms with Crippen LogP contribution in [0, 0.1) is 20.8 Å². The van der Waals surface area contributed by atoms with Crippen molar-refractivity contribution in [2.75, 3.05) is 0 Å². The maximum absolute atomic E-state index is 6.31. The van der Waals surface area contributed by atoms with Gasteiger partial charge in [-0.1, -0.05) is 59.2 Å². The Morgan fingerprint density at radius 1 is 0.889 bits per heavy atom. The molecule has 0 aliphatic heterocycles. The quantitative estimate of drug-likeness (QED) is 0.865. The smallest absolute Gasteiger partial charge is 0.0335 e. The van der Waals surface area contributed by atoms with Gasteiger partial charge in [-0.2, -0.15) is 0 Å². The largest absolute Gasteiger partial charge is 0.324 e. The van der Waals surface area contributed by atoms with Crippen LogP contribution in [0.2, 0.25) is 0 Å². The van der Waals surface area contributed by atoms with Gasteiger partial charge in [0, 0.05) is 6.04 Å². The van der Waals surface area contributed by atoms with Gasteiger partial charge in [0.1, 0.15) is 0 Å². The van der Waals surface area contributed by atoms with E-state index in [0.29, 0.717) is 0 Å². The van der Waals surface area contributed by atoms with Gasteiger partial charge in [-0.15, -0.1) is 0 Å². The monoisotopic (exact) mass is 239 g/mol. The summed E-state index contributed by atoms with van der Waals surface area (Å²) in [6.07, 6.45) is 0.893. The van der Waals surface area contributed by atoms with Gasteiger partial charge in [-0.3, -0.25) is 0 Å². The summed E-state index contributed by atoms with van der Waals surface area (Å²) in [6.45, 7) is 6.36. The predicted octanol–water partition coefficient (Wildman–Crippen LogP) is 3.85. The maximum Gasteiger partial charge on any atom is 0.0335 e. The number of rotatable bonds is 3. The topological polar surface area (TPSA) is 26.0 Å². The lowest BCUT2D eigenvalue weighted by Crippen LogP contribution is -2.13. The standard InChI is InChI=1S/C17H21N/c1-12-5-4-6-15(8-12)11-17(18)16-9-13(2)7-14(3)10-16/h4-10,17H,11,18H2,1-3H3. The third-order valence-corrected chi connectivity index (χ3v) is 3.21. The fraction of sp³-hybridized carbons (Fsp3) is 0.294. The first kappa shape index (κ1) is 12.8. The van der Waals surface area contributed by atoms with Crippen molar-refractivity contribution >= 4 is 0 Å². The highest BCUT2D eigenvalue weighted by molar-refractivity contribution is 5.32. The molecule has 0 spiro atoms. The predicted molar refractivity (Wildman–Crippen MR) is 77.7 cm³/mol. The summed E-state index contributed by atoms with van der Waals surface area (Å²) in [7, 11) is 0. The number of hydrogen-bond acceptors (Lipinski definition) is 1. The number of nitrogens with two attached hydrogens (primary N) is 1. The molecule has 1 atom stereocenters. The van der Waals surface area contributed by atoms with E-state index in [2.05, 4.69) is 63.2 Å². The second kappa shape index (κ2) is 5.36. The van der Waals surface area contributed by atoms with Gasteiger partial charge in [-0.25, -0.2) is 0 Å². The summed E-state index contributed by atoms with van der Waals surface area (Å²) in [5.41, 5.74) is 12.7. The molecule has 0 saturated carbocycles. The third-order valence-electron chi connectivity index (χ3n) is 3.21. The summed E-state index contributed by atoms with van der Waals surface area (Å²) in [4.78, 5) is 0. The Balaban J connectivity index is 2.19. The van der Waals surface area contributed by atoms with E-state index < -0.39 is 0 Å². The van der Waals surface area contributed by atoms with Crippen molar-refractivity contribution in [3.63, 3.8) is 0 Å². The minimum absolute atomic E-state index is 0.0744. The van der Waals surface area contributed by atoms with Gasteiger partial charge >= 0.3 is 0 Å². The zero-order valence-electron chi connectivity index (χ0n) is 11.4. The molecule has 1 heteroatoms. The Bertz CT molecular complexity index is 523. The molecular formula is C17H21N. The van der Waals surface area contributed by atoms with Crippen LogP contribution in [0.3, 0.4) is 0 Å². The highest BCUT2D eigenvalue weighted by Crippen LogP contribution is 2.19. The van der Waals surface area contributed by atoms with E-state index in [4.69, 9.17) is 5.73 Å². The van der Waals surface area contributed by atoms with Gasteiger partial charge in [0.05, 0.1) is 0 Å². The number of benzene rings is 2. The molecule has 0 heterocycles. The zero-order chi connectivity index (χ0) is 13.1. The molecule has 0 bridgehead atoms. The van der Waals surface area contributed by atoms with Crippen LogP contribution in [0.15, 0.2) is 42.5 Å². The van der Waals surface area contributed by atoms with E-state index in [9.17, 15) is 0 Å². The van der Waals surface area contributed by atoms with E-state index in [1.54, 1.807) is 0 Å². The van der Waals surface area contributed by atoms with Crippen molar-refractivity contribution < 1.29 is 0 Å². The molecule has 0 saturated heterocycles. The molecular weight excluding hydrogens is 218 g/mol. The molecule has 1 unspecified atom stereocenters. The van der Waals surface area contributed by atoms with Crippen LogP contribution < -0.4 is 5.73 Å². The summed E-state index contributed by atoms with van der Waals surface area (Å²) >= 11 is 0. The van der Waals surface area contributed by atoms with Gasteiger partial charge < -0.3 is 5.73 Å². The highest BCUT2D eigenvalue weighted by atomic mass is 14.6. The third kappa shape index (κ3) is 3.21. The molecule has 1 nitrogen and oxygen atoms in total. The second-order valence-corrected chi connectivity index (χ2v) is 5.22. The molecule has 2 N–H and O–H groups in total. The molecule has 0 aliphatic carbocycles. The van der Waals surface area contributed by atoms with E-state index >= 15 is 0 Å². The zero-order valence-corrected chi connectivity index (χ0v) is 11.4. The Hall–Kier alpha value is -1.60. The summed E-state index contributed by atoms with van der Waals surface area (Å²) in [5.74, 6) is 0. The maximum atomic E-state index is 6.31. The molecule has 2 rings (SSSR count). The molecule has 0 amide bonds. The fourth-order valence-corrected chi connectivity index (χ4v) is 2.43. The van der Waals surface area contributed by atoms with Gasteiger partial charge in [0.2, 0.25) is 0 Å². The Labute approximate surface area is 110 Å². The Kier molecular flexibility index (Phi) is 3.83. The molecule has 94 valence electrons. The van der Waals surface area contributed by atoms with Gasteiger partial charge in [-0.05, 0) is 38.3 Å². The Morgan fingerprint density at radius 3 is 2.17 bits per heavy atom. The highest BCUT2D eigenvalue weighted by Gasteiger charge is 2.08. The van der Waals surface area contributed by atoms with Crippen LogP contribution in [0.4, 0.5) is 0 Å². The van der Waals surface area contributed by atoms with Crippen LogP contribution >= 0.6 is 0 Å². The van der Waals surface area contributed by atoms with Crippen molar-refractivity contribution in [3.8, 4) is 0 Å². The molecule has 0 aromatic heterocycles. The van der Waals surface area contributed by atoms with Crippen LogP contribution in [0.5, 0.6) is 0 Å². The molecule has 2 aromatic carbocycles. The van der Waals surface area contributed by atoms with Crippen molar-refractivity contribution in [2.45, 2.75) is 33.2 Å². The van der Waals surface area contributed by atoms with Crippen molar-refractivity contribution in [1.29, 1.82) is 0 Å². The lowest BCUT2D eigenvalue weighted by Gasteiger charge is -2.14. The average Bonchev–Trinajstić information content (AvgIpc) is 2.27. The van der Waals surface area contributed by atoms with E-state index in [-0.39, 0.29) is 6.04 Å². The molecule has 0 aliphatic rings. The fourth-order valence-electron chi connectivity index (χ4n) is 2.43. The minimum Gasteiger partial charge on any atom is -0.324 e. The average molecular weight is 239 g/mol. The normalized spacial score (nSPS) is 12.4. The second-order valence-electron chi connectivity index (χ2n) is 5.22. The van der Waals surface area contributed by atoms with E-state index in [0.717, 1.165) is 6.42 Å². The van der Waals surface area contributed by atoms with Crippen LogP contribution in [0.1, 0.15) is 33.9 Å². The van der Waals surface area contributed by atoms with Crippen LogP contribution in [-0.2, 0) is 6.42 Å². The number of aryl methyl sites for hydroxylation is 3. The molecule has 2 aromatic rings. The first-order valence-corrected chi connectivity index (χ1v) is 6.44. The molecule has 18 heavy (non-hydrogen) atoms. The van der Waals surface area contributed by atoms with Gasteiger partial charge in [0.25, 0.3) is 0 Å². The lowest BCUT2D eigenvalue weighted by molar-refractivity contribution is 0.720. The van der Waals surface area contributed by atoms with E-state index in [1.165, 1.54) is 27.8 Å². The number of hydrogen-bond donors (Lipinski definition) is 1. The first-order valence-electron chi connectivity index (χ1n) is 6.44. The minimum atomic E-state index is 0.0744. The van der Waals surface area contributed by atoms with Crippen LogP contribution in [-0.4, -0.2) is 0 Å². The first-order chi connectivity index (χ1) is 8.54. The van der Waals surface area contributed by atoms with Gasteiger partial charge in [0.15, 0.2) is 0 Å². The summed E-state index contributed by atoms with van der Waals surface area (Å²) in [5, 5.41) is 0. The summed E-state index contributed by atoms with van der Waals surface area (Å²) in [6, 6.07) is 15.2. The lowest BCUT2D eigenvalue weighted by atomic mass is 9.96. The Morgan fingerprint density at radius 2 is 1.56 bits per heavy atom. The molecule has 0 radical (unpaired) electrons. The van der Waals surface area contributed by atoms with Crippen LogP contribution in [0.25, 0.3) is 0 Å². The summed E-state index contributed by atoms with van der Waals surface area (Å²) < 4.78 is 0. The SMILES string of the molecule is Cc1cccc(CC(N)c2cc(C)cc(C)c2)c1.